The highest BCUT2D eigenvalue weighted by Crippen LogP contribution is 2.34. The second-order valence-electron chi connectivity index (χ2n) is 3.86. The number of aryl methyl sites for hydroxylation is 1. The smallest absolute Gasteiger partial charge is 0.193 e. The molecule has 3 nitrogen and oxygen atoms in total. The van der Waals surface area contributed by atoms with Gasteiger partial charge in [-0.3, -0.25) is 0 Å². The van der Waals surface area contributed by atoms with Gasteiger partial charge in [0.05, 0.1) is 0 Å². The fourth-order valence-electron chi connectivity index (χ4n) is 1.60. The number of aliphatic imine (C=N–C) groups is 1. The Bertz CT molecular complexity index is 443. The van der Waals surface area contributed by atoms with E-state index in [2.05, 4.69) is 36.5 Å². The molecule has 2 rings (SSSR count). The Morgan fingerprint density at radius 3 is 2.73 bits per heavy atom. The Hall–Kier alpha value is -1.29. The molecule has 0 radical (unpaired) electrons. The summed E-state index contributed by atoms with van der Waals surface area (Å²) in [6, 6.07) is 0.102. The van der Waals surface area contributed by atoms with Crippen LogP contribution in [0.5, 0.6) is 0 Å². The summed E-state index contributed by atoms with van der Waals surface area (Å²) in [5.74, 6) is 0.496. The summed E-state index contributed by atoms with van der Waals surface area (Å²) in [5, 5.41) is 5.10. The van der Waals surface area contributed by atoms with Crippen molar-refractivity contribution in [2.45, 2.75) is 26.8 Å². The first-order valence-corrected chi connectivity index (χ1v) is 5.78. The molecule has 0 saturated carbocycles. The maximum atomic E-state index is 5.68. The van der Waals surface area contributed by atoms with E-state index in [1.54, 1.807) is 11.3 Å². The lowest BCUT2D eigenvalue weighted by Crippen LogP contribution is -2.31. The molecule has 2 heterocycles. The van der Waals surface area contributed by atoms with Gasteiger partial charge < -0.3 is 11.1 Å². The molecule has 0 bridgehead atoms. The molecule has 3 N–H and O–H groups in total. The summed E-state index contributed by atoms with van der Waals surface area (Å²) in [4.78, 5) is 5.73. The first kappa shape index (κ1) is 10.2. The lowest BCUT2D eigenvalue weighted by Gasteiger charge is -2.19. The van der Waals surface area contributed by atoms with E-state index in [0.717, 1.165) is 0 Å². The van der Waals surface area contributed by atoms with Crippen LogP contribution >= 0.6 is 11.3 Å². The lowest BCUT2D eigenvalue weighted by molar-refractivity contribution is 0.814. The summed E-state index contributed by atoms with van der Waals surface area (Å²) in [7, 11) is 0. The summed E-state index contributed by atoms with van der Waals surface area (Å²) in [5.41, 5.74) is 9.54. The summed E-state index contributed by atoms with van der Waals surface area (Å²) < 4.78 is 0. The maximum Gasteiger partial charge on any atom is 0.193 e. The molecule has 1 unspecified atom stereocenters. The lowest BCUT2D eigenvalue weighted by atomic mass is 10.0. The van der Waals surface area contributed by atoms with E-state index in [0.29, 0.717) is 5.96 Å². The minimum absolute atomic E-state index is 0.102. The molecule has 0 fully saturated rings. The quantitative estimate of drug-likeness (QED) is 0.764. The van der Waals surface area contributed by atoms with Crippen LogP contribution in [-0.4, -0.2) is 5.96 Å². The van der Waals surface area contributed by atoms with Crippen molar-refractivity contribution in [2.75, 3.05) is 0 Å². The van der Waals surface area contributed by atoms with Crippen LogP contribution < -0.4 is 11.1 Å². The Morgan fingerprint density at radius 2 is 2.13 bits per heavy atom. The molecule has 4 heteroatoms. The second-order valence-corrected chi connectivity index (χ2v) is 4.77. The van der Waals surface area contributed by atoms with Crippen molar-refractivity contribution in [3.8, 4) is 0 Å². The van der Waals surface area contributed by atoms with Crippen LogP contribution in [0.3, 0.4) is 0 Å². The number of guanidine groups is 1. The molecule has 0 aromatic carbocycles. The van der Waals surface area contributed by atoms with Crippen LogP contribution in [0.2, 0.25) is 0 Å². The van der Waals surface area contributed by atoms with Gasteiger partial charge in [-0.2, -0.15) is 0 Å². The van der Waals surface area contributed by atoms with Crippen molar-refractivity contribution < 1.29 is 0 Å². The average Bonchev–Trinajstić information content (AvgIpc) is 2.52. The molecule has 1 aliphatic rings. The van der Waals surface area contributed by atoms with E-state index in [1.807, 2.05) is 6.20 Å². The molecule has 1 aliphatic heterocycles. The fraction of sp³-hybridized carbons (Fsp3) is 0.364. The van der Waals surface area contributed by atoms with Crippen LogP contribution in [0.1, 0.15) is 29.0 Å². The monoisotopic (exact) mass is 221 g/mol. The molecule has 1 aromatic heterocycles. The zero-order valence-corrected chi connectivity index (χ0v) is 9.98. The zero-order chi connectivity index (χ0) is 11.0. The van der Waals surface area contributed by atoms with Crippen LogP contribution in [-0.2, 0) is 0 Å². The Kier molecular flexibility index (Phi) is 2.52. The van der Waals surface area contributed by atoms with Gasteiger partial charge in [-0.25, -0.2) is 4.99 Å². The summed E-state index contributed by atoms with van der Waals surface area (Å²) >= 11 is 1.76. The largest absolute Gasteiger partial charge is 0.370 e. The third kappa shape index (κ3) is 1.77. The van der Waals surface area contributed by atoms with Gasteiger partial charge in [0, 0.05) is 11.1 Å². The van der Waals surface area contributed by atoms with E-state index in [-0.39, 0.29) is 6.04 Å². The molecule has 0 aliphatic carbocycles. The Balaban J connectivity index is 2.42. The van der Waals surface area contributed by atoms with E-state index in [4.69, 9.17) is 5.73 Å². The maximum absolute atomic E-state index is 5.68. The SMILES string of the molecule is CC1=CNC(N)=NC1c1scc(C)c1C. The minimum Gasteiger partial charge on any atom is -0.370 e. The predicted molar refractivity (Wildman–Crippen MR) is 65.0 cm³/mol. The van der Waals surface area contributed by atoms with Gasteiger partial charge in [-0.15, -0.1) is 11.3 Å². The normalized spacial score (nSPS) is 20.6. The number of hydrogen-bond donors (Lipinski definition) is 2. The first-order valence-electron chi connectivity index (χ1n) is 4.90. The van der Waals surface area contributed by atoms with Crippen molar-refractivity contribution in [3.63, 3.8) is 0 Å². The Morgan fingerprint density at radius 1 is 1.40 bits per heavy atom. The van der Waals surface area contributed by atoms with Crippen molar-refractivity contribution in [2.24, 2.45) is 10.7 Å². The highest BCUT2D eigenvalue weighted by atomic mass is 32.1. The molecule has 15 heavy (non-hydrogen) atoms. The molecule has 0 saturated heterocycles. The van der Waals surface area contributed by atoms with Gasteiger partial charge in [-0.05, 0) is 42.9 Å². The van der Waals surface area contributed by atoms with Gasteiger partial charge in [0.15, 0.2) is 5.96 Å². The highest BCUT2D eigenvalue weighted by Gasteiger charge is 2.20. The number of nitrogens with two attached hydrogens (primary N) is 1. The van der Waals surface area contributed by atoms with Crippen LogP contribution in [0, 0.1) is 13.8 Å². The van der Waals surface area contributed by atoms with Gasteiger partial charge in [0.2, 0.25) is 0 Å². The number of nitrogens with zero attached hydrogens (tertiary/aromatic N) is 1. The van der Waals surface area contributed by atoms with Crippen LogP contribution in [0.15, 0.2) is 22.1 Å². The van der Waals surface area contributed by atoms with E-state index >= 15 is 0 Å². The molecular weight excluding hydrogens is 206 g/mol. The molecule has 80 valence electrons. The number of thiophene rings is 1. The van der Waals surface area contributed by atoms with Crippen molar-refractivity contribution in [3.05, 3.63) is 33.2 Å². The molecule has 1 atom stereocenters. The summed E-state index contributed by atoms with van der Waals surface area (Å²) in [6.45, 7) is 6.34. The third-order valence-electron chi connectivity index (χ3n) is 2.72. The van der Waals surface area contributed by atoms with Gasteiger partial charge in [0.25, 0.3) is 0 Å². The van der Waals surface area contributed by atoms with E-state index in [9.17, 15) is 0 Å². The van der Waals surface area contributed by atoms with Crippen molar-refractivity contribution in [1.29, 1.82) is 0 Å². The third-order valence-corrected chi connectivity index (χ3v) is 3.97. The van der Waals surface area contributed by atoms with Crippen molar-refractivity contribution in [1.82, 2.24) is 5.32 Å². The summed E-state index contributed by atoms with van der Waals surface area (Å²) in [6.07, 6.45) is 1.93. The van der Waals surface area contributed by atoms with Gasteiger partial charge in [-0.1, -0.05) is 0 Å². The number of rotatable bonds is 1. The fourth-order valence-corrected chi connectivity index (χ4v) is 2.79. The predicted octanol–water partition coefficient (Wildman–Crippen LogP) is 2.23. The average molecular weight is 221 g/mol. The van der Waals surface area contributed by atoms with Crippen LogP contribution in [0.25, 0.3) is 0 Å². The Labute approximate surface area is 93.7 Å². The van der Waals surface area contributed by atoms with Crippen LogP contribution in [0.4, 0.5) is 0 Å². The van der Waals surface area contributed by atoms with Gasteiger partial charge >= 0.3 is 0 Å². The first-order chi connectivity index (χ1) is 7.09. The van der Waals surface area contributed by atoms with Crippen molar-refractivity contribution >= 4 is 17.3 Å². The zero-order valence-electron chi connectivity index (χ0n) is 9.16. The standard InChI is InChI=1S/C11H15N3S/c1-6-4-13-11(12)14-9(6)10-8(3)7(2)5-15-10/h4-5,9H,1-3H3,(H3,12,13,14). The number of nitrogens with one attached hydrogen (secondary N) is 1. The molecule has 0 spiro atoms. The molecule has 0 amide bonds. The molecule has 1 aromatic rings. The highest BCUT2D eigenvalue weighted by molar-refractivity contribution is 7.10. The molecular formula is C11H15N3S. The minimum atomic E-state index is 0.102. The van der Waals surface area contributed by atoms with E-state index in [1.165, 1.54) is 21.6 Å². The number of hydrogen-bond acceptors (Lipinski definition) is 4. The second kappa shape index (κ2) is 3.70. The van der Waals surface area contributed by atoms with E-state index < -0.39 is 0 Å². The van der Waals surface area contributed by atoms with Gasteiger partial charge in [0.1, 0.15) is 6.04 Å². The topological polar surface area (TPSA) is 50.4 Å².